The van der Waals surface area contributed by atoms with Gasteiger partial charge in [-0.25, -0.2) is 10.2 Å². The number of nitrogens with zero attached hydrogens (tertiary/aromatic N) is 2. The van der Waals surface area contributed by atoms with Gasteiger partial charge in [0.05, 0.1) is 18.0 Å². The molecule has 2 aromatic rings. The maximum atomic E-state index is 12.2. The number of rotatable bonds is 3. The Balaban J connectivity index is 1.83. The van der Waals surface area contributed by atoms with Crippen molar-refractivity contribution < 1.29 is 14.3 Å². The van der Waals surface area contributed by atoms with Crippen molar-refractivity contribution in [2.75, 3.05) is 6.61 Å². The highest BCUT2D eigenvalue weighted by Crippen LogP contribution is 2.37. The number of benzene rings is 2. The molecule has 0 aliphatic carbocycles. The molecule has 2 aromatic carbocycles. The smallest absolute Gasteiger partial charge is 0.355 e. The van der Waals surface area contributed by atoms with E-state index in [2.05, 4.69) is 15.5 Å². The molecule has 0 aromatic heterocycles. The Labute approximate surface area is 131 Å². The third-order valence-corrected chi connectivity index (χ3v) is 3.98. The summed E-state index contributed by atoms with van der Waals surface area (Å²) in [6.07, 6.45) is 0. The summed E-state index contributed by atoms with van der Waals surface area (Å²) in [6, 6.07) is 11.6. The molecule has 2 heterocycles. The third-order valence-electron chi connectivity index (χ3n) is 3.98. The topological polar surface area (TPSA) is 80.1 Å². The van der Waals surface area contributed by atoms with Gasteiger partial charge < -0.3 is 4.74 Å². The van der Waals surface area contributed by atoms with Crippen molar-refractivity contribution in [3.8, 4) is 0 Å². The second-order valence-electron chi connectivity index (χ2n) is 5.30. The van der Waals surface area contributed by atoms with Gasteiger partial charge in [-0.15, -0.1) is 0 Å². The number of nitrogens with one attached hydrogen (secondary N) is 1. The van der Waals surface area contributed by atoms with Crippen molar-refractivity contribution in [1.29, 1.82) is 0 Å². The highest BCUT2D eigenvalue weighted by atomic mass is 16.5. The van der Waals surface area contributed by atoms with E-state index in [1.54, 1.807) is 6.92 Å². The molecule has 0 saturated carbocycles. The Morgan fingerprint density at radius 1 is 1.26 bits per heavy atom. The van der Waals surface area contributed by atoms with Crippen molar-refractivity contribution in [2.45, 2.75) is 6.92 Å². The summed E-state index contributed by atoms with van der Waals surface area (Å²) >= 11 is 0. The zero-order valence-corrected chi connectivity index (χ0v) is 12.4. The quantitative estimate of drug-likeness (QED) is 0.880. The van der Waals surface area contributed by atoms with Crippen LogP contribution < -0.4 is 5.43 Å². The summed E-state index contributed by atoms with van der Waals surface area (Å²) in [4.78, 5) is 28.9. The first-order valence-corrected chi connectivity index (χ1v) is 7.36. The van der Waals surface area contributed by atoms with Gasteiger partial charge in [-0.05, 0) is 18.4 Å². The lowest BCUT2D eigenvalue weighted by Gasteiger charge is -2.11. The Morgan fingerprint density at radius 2 is 2.04 bits per heavy atom. The van der Waals surface area contributed by atoms with Crippen LogP contribution in [0.25, 0.3) is 10.8 Å². The van der Waals surface area contributed by atoms with Crippen LogP contribution in [0.2, 0.25) is 0 Å². The zero-order chi connectivity index (χ0) is 16.0. The zero-order valence-electron chi connectivity index (χ0n) is 12.4. The fourth-order valence-corrected chi connectivity index (χ4v) is 3.03. The molecule has 114 valence electrons. The van der Waals surface area contributed by atoms with Crippen LogP contribution in [0.1, 0.15) is 12.5 Å². The van der Waals surface area contributed by atoms with Crippen molar-refractivity contribution in [3.05, 3.63) is 42.0 Å². The van der Waals surface area contributed by atoms with Crippen molar-refractivity contribution in [1.82, 2.24) is 5.43 Å². The lowest BCUT2D eigenvalue weighted by Crippen LogP contribution is -2.35. The Bertz CT molecular complexity index is 909. The monoisotopic (exact) mass is 307 g/mol. The van der Waals surface area contributed by atoms with Gasteiger partial charge in [-0.3, -0.25) is 9.79 Å². The Morgan fingerprint density at radius 3 is 2.83 bits per heavy atom. The molecule has 2 aliphatic rings. The first kappa shape index (κ1) is 13.6. The van der Waals surface area contributed by atoms with E-state index >= 15 is 0 Å². The lowest BCUT2D eigenvalue weighted by atomic mass is 9.91. The number of hydrazone groups is 1. The van der Waals surface area contributed by atoms with Crippen LogP contribution in [0.4, 0.5) is 5.69 Å². The van der Waals surface area contributed by atoms with Crippen molar-refractivity contribution in [2.24, 2.45) is 16.0 Å². The molecule has 1 atom stereocenters. The van der Waals surface area contributed by atoms with Gasteiger partial charge in [0.2, 0.25) is 0 Å². The maximum absolute atomic E-state index is 12.2. The molecule has 23 heavy (non-hydrogen) atoms. The standard InChI is InChI=1S/C17H13N3O3/c1-2-23-17(22)15-13(16(21)20-19-15)14-10-7-3-5-9-6-4-8-11(18-14)12(9)10/h3-8,13H,2H2,1H3,(H,20,21). The van der Waals surface area contributed by atoms with Crippen LogP contribution in [0.5, 0.6) is 0 Å². The molecule has 1 amide bonds. The number of esters is 1. The SMILES string of the molecule is CCOC(=O)C1=NNC(=O)C1C1=Nc2cccc3cccc1c23. The molecule has 0 bridgehead atoms. The fraction of sp³-hybridized carbons (Fsp3) is 0.176. The van der Waals surface area contributed by atoms with Crippen LogP contribution in [0, 0.1) is 5.92 Å². The van der Waals surface area contributed by atoms with E-state index in [0.29, 0.717) is 5.71 Å². The first-order valence-electron chi connectivity index (χ1n) is 7.36. The van der Waals surface area contributed by atoms with E-state index in [-0.39, 0.29) is 18.2 Å². The summed E-state index contributed by atoms with van der Waals surface area (Å²) in [7, 11) is 0. The molecule has 0 radical (unpaired) electrons. The van der Waals surface area contributed by atoms with E-state index in [9.17, 15) is 9.59 Å². The number of hydrogen-bond donors (Lipinski definition) is 1. The predicted molar refractivity (Wildman–Crippen MR) is 85.8 cm³/mol. The second kappa shape index (κ2) is 5.01. The van der Waals surface area contributed by atoms with E-state index in [1.165, 1.54) is 0 Å². The summed E-state index contributed by atoms with van der Waals surface area (Å²) in [5.74, 6) is -1.80. The largest absolute Gasteiger partial charge is 0.461 e. The summed E-state index contributed by atoms with van der Waals surface area (Å²) in [5.41, 5.74) is 4.62. The molecule has 0 fully saturated rings. The van der Waals surface area contributed by atoms with Crippen LogP contribution in [0.3, 0.4) is 0 Å². The van der Waals surface area contributed by atoms with Crippen LogP contribution in [-0.4, -0.2) is 29.9 Å². The summed E-state index contributed by atoms with van der Waals surface area (Å²) in [6.45, 7) is 1.93. The Hall–Kier alpha value is -3.02. The number of ether oxygens (including phenoxy) is 1. The molecular formula is C17H13N3O3. The lowest BCUT2D eigenvalue weighted by molar-refractivity contribution is -0.135. The second-order valence-corrected chi connectivity index (χ2v) is 5.30. The predicted octanol–water partition coefficient (Wildman–Crippen LogP) is 1.94. The minimum Gasteiger partial charge on any atom is -0.461 e. The van der Waals surface area contributed by atoms with E-state index in [4.69, 9.17) is 4.74 Å². The Kier molecular flexibility index (Phi) is 2.97. The number of carbonyl (C=O) groups is 2. The highest BCUT2D eigenvalue weighted by molar-refractivity contribution is 6.50. The van der Waals surface area contributed by atoms with Crippen molar-refractivity contribution in [3.63, 3.8) is 0 Å². The van der Waals surface area contributed by atoms with Crippen LogP contribution in [0.15, 0.2) is 46.5 Å². The molecule has 0 spiro atoms. The third kappa shape index (κ3) is 1.95. The molecule has 6 nitrogen and oxygen atoms in total. The van der Waals surface area contributed by atoms with E-state index in [0.717, 1.165) is 22.0 Å². The molecule has 1 N–H and O–H groups in total. The fourth-order valence-electron chi connectivity index (χ4n) is 3.03. The van der Waals surface area contributed by atoms with Crippen LogP contribution in [-0.2, 0) is 14.3 Å². The van der Waals surface area contributed by atoms with Gasteiger partial charge >= 0.3 is 5.97 Å². The van der Waals surface area contributed by atoms with Gasteiger partial charge in [0.15, 0.2) is 5.71 Å². The van der Waals surface area contributed by atoms with Gasteiger partial charge in [0.1, 0.15) is 5.92 Å². The first-order chi connectivity index (χ1) is 11.2. The van der Waals surface area contributed by atoms with Crippen molar-refractivity contribution >= 4 is 39.8 Å². The van der Waals surface area contributed by atoms with Gasteiger partial charge in [0, 0.05) is 10.9 Å². The average Bonchev–Trinajstić information content (AvgIpc) is 3.10. The van der Waals surface area contributed by atoms with Crippen LogP contribution >= 0.6 is 0 Å². The molecule has 1 unspecified atom stereocenters. The number of amides is 1. The highest BCUT2D eigenvalue weighted by Gasteiger charge is 2.41. The normalized spacial score (nSPS) is 18.7. The minimum atomic E-state index is -0.841. The van der Waals surface area contributed by atoms with E-state index in [1.807, 2.05) is 36.4 Å². The van der Waals surface area contributed by atoms with Gasteiger partial charge in [-0.2, -0.15) is 5.10 Å². The van der Waals surface area contributed by atoms with Gasteiger partial charge in [0.25, 0.3) is 5.91 Å². The number of aliphatic imine (C=N–C) groups is 1. The number of carbonyl (C=O) groups excluding carboxylic acids is 2. The average molecular weight is 307 g/mol. The maximum Gasteiger partial charge on any atom is 0.355 e. The molecule has 6 heteroatoms. The molecular weight excluding hydrogens is 294 g/mol. The number of hydrogen-bond acceptors (Lipinski definition) is 5. The van der Waals surface area contributed by atoms with E-state index < -0.39 is 11.9 Å². The van der Waals surface area contributed by atoms with Gasteiger partial charge in [-0.1, -0.05) is 30.3 Å². The summed E-state index contributed by atoms with van der Waals surface area (Å²) < 4.78 is 5.00. The summed E-state index contributed by atoms with van der Waals surface area (Å²) in [5, 5.41) is 5.89. The molecule has 4 rings (SSSR count). The molecule has 2 aliphatic heterocycles. The molecule has 0 saturated heterocycles. The minimum absolute atomic E-state index is 0.0559.